The summed E-state index contributed by atoms with van der Waals surface area (Å²) in [6.45, 7) is 1.20. The van der Waals surface area contributed by atoms with Gasteiger partial charge in [0, 0.05) is 5.56 Å². The maximum Gasteiger partial charge on any atom is 0.255 e. The summed E-state index contributed by atoms with van der Waals surface area (Å²) >= 11 is 0. The minimum atomic E-state index is -1.69. The van der Waals surface area contributed by atoms with Crippen LogP contribution >= 0.6 is 0 Å². The number of benzene rings is 1. The first-order valence-corrected chi connectivity index (χ1v) is 6.14. The maximum absolute atomic E-state index is 13.2. The highest BCUT2D eigenvalue weighted by Gasteiger charge is 2.36. The van der Waals surface area contributed by atoms with E-state index in [1.807, 2.05) is 0 Å². The van der Waals surface area contributed by atoms with Crippen molar-refractivity contribution in [3.05, 3.63) is 35.1 Å². The highest BCUT2D eigenvalue weighted by molar-refractivity contribution is 6.07. The van der Waals surface area contributed by atoms with Gasteiger partial charge in [0.2, 0.25) is 11.8 Å². The second-order valence-corrected chi connectivity index (χ2v) is 4.52. The van der Waals surface area contributed by atoms with Gasteiger partial charge in [-0.2, -0.15) is 0 Å². The third-order valence-electron chi connectivity index (χ3n) is 3.13. The Balaban J connectivity index is 2.38. The van der Waals surface area contributed by atoms with Crippen LogP contribution in [0.3, 0.4) is 0 Å². The Labute approximate surface area is 117 Å². The second-order valence-electron chi connectivity index (χ2n) is 4.52. The van der Waals surface area contributed by atoms with Crippen molar-refractivity contribution in [2.45, 2.75) is 19.4 Å². The molecule has 0 spiro atoms. The maximum atomic E-state index is 13.2. The fraction of sp³-hybridized carbons (Fsp3) is 0.308. The molecule has 1 atom stereocenters. The number of halogens is 3. The van der Waals surface area contributed by atoms with Crippen LogP contribution in [0.1, 0.15) is 23.7 Å². The number of piperazine rings is 1. The van der Waals surface area contributed by atoms with E-state index in [9.17, 15) is 27.6 Å². The first-order valence-electron chi connectivity index (χ1n) is 6.14. The molecule has 5 nitrogen and oxygen atoms in total. The third kappa shape index (κ3) is 2.74. The minimum absolute atomic E-state index is 0.219. The van der Waals surface area contributed by atoms with Gasteiger partial charge in [-0.05, 0) is 18.6 Å². The molecule has 1 aliphatic heterocycles. The van der Waals surface area contributed by atoms with Gasteiger partial charge >= 0.3 is 0 Å². The summed E-state index contributed by atoms with van der Waals surface area (Å²) in [4.78, 5) is 36.1. The lowest BCUT2D eigenvalue weighted by atomic mass is 10.1. The van der Waals surface area contributed by atoms with Crippen LogP contribution in [0.25, 0.3) is 0 Å². The number of nitrogens with zero attached hydrogens (tertiary/aromatic N) is 1. The predicted molar refractivity (Wildman–Crippen MR) is 64.6 cm³/mol. The SMILES string of the molecule is CCC1C(=O)NC(=O)CN1C(=O)c1cc(F)c(F)c(F)c1. The average molecular weight is 300 g/mol. The molecule has 0 aliphatic carbocycles. The minimum Gasteiger partial charge on any atom is -0.317 e. The Bertz CT molecular complexity index is 610. The predicted octanol–water partition coefficient (Wildman–Crippen LogP) is 0.981. The van der Waals surface area contributed by atoms with Crippen molar-refractivity contribution in [1.29, 1.82) is 0 Å². The van der Waals surface area contributed by atoms with E-state index in [0.717, 1.165) is 4.90 Å². The topological polar surface area (TPSA) is 66.5 Å². The van der Waals surface area contributed by atoms with Crippen molar-refractivity contribution in [3.8, 4) is 0 Å². The van der Waals surface area contributed by atoms with E-state index in [-0.39, 0.29) is 6.42 Å². The molecular formula is C13H11F3N2O3. The molecule has 1 fully saturated rings. The van der Waals surface area contributed by atoms with Crippen LogP contribution in [0.5, 0.6) is 0 Å². The molecule has 0 saturated carbocycles. The molecule has 0 radical (unpaired) electrons. The highest BCUT2D eigenvalue weighted by atomic mass is 19.2. The molecule has 1 aromatic carbocycles. The van der Waals surface area contributed by atoms with E-state index in [2.05, 4.69) is 5.32 Å². The van der Waals surface area contributed by atoms with Gasteiger partial charge in [-0.3, -0.25) is 19.7 Å². The van der Waals surface area contributed by atoms with Crippen LogP contribution in [0.15, 0.2) is 12.1 Å². The number of carbonyl (C=O) groups excluding carboxylic acids is 3. The Hall–Kier alpha value is -2.38. The summed E-state index contributed by atoms with van der Waals surface area (Å²) in [6.07, 6.45) is 0.219. The van der Waals surface area contributed by atoms with Gasteiger partial charge in [0.05, 0.1) is 0 Å². The molecule has 1 heterocycles. The van der Waals surface area contributed by atoms with Crippen molar-refractivity contribution in [2.75, 3.05) is 6.54 Å². The first kappa shape index (κ1) is 15.0. The molecular weight excluding hydrogens is 289 g/mol. The van der Waals surface area contributed by atoms with E-state index in [1.165, 1.54) is 0 Å². The lowest BCUT2D eigenvalue weighted by Crippen LogP contribution is -2.59. The van der Waals surface area contributed by atoms with E-state index < -0.39 is 53.3 Å². The van der Waals surface area contributed by atoms with Crippen LogP contribution in [0.2, 0.25) is 0 Å². The van der Waals surface area contributed by atoms with Crippen LogP contribution in [0.4, 0.5) is 13.2 Å². The Kier molecular flexibility index (Phi) is 3.97. The van der Waals surface area contributed by atoms with E-state index in [0.29, 0.717) is 12.1 Å². The summed E-state index contributed by atoms with van der Waals surface area (Å²) in [6, 6.07) is 0.140. The molecule has 1 N–H and O–H groups in total. The van der Waals surface area contributed by atoms with Crippen LogP contribution in [-0.4, -0.2) is 35.2 Å². The van der Waals surface area contributed by atoms with E-state index in [1.54, 1.807) is 6.92 Å². The van der Waals surface area contributed by atoms with Crippen molar-refractivity contribution in [3.63, 3.8) is 0 Å². The summed E-state index contributed by atoms with van der Waals surface area (Å²) in [5.74, 6) is -6.99. The van der Waals surface area contributed by atoms with Gasteiger partial charge in [0.1, 0.15) is 12.6 Å². The van der Waals surface area contributed by atoms with Crippen LogP contribution < -0.4 is 5.32 Å². The largest absolute Gasteiger partial charge is 0.317 e. The Morgan fingerprint density at radius 3 is 2.38 bits per heavy atom. The smallest absolute Gasteiger partial charge is 0.255 e. The number of carbonyl (C=O) groups is 3. The second kappa shape index (κ2) is 5.55. The molecule has 1 aromatic rings. The fourth-order valence-corrected chi connectivity index (χ4v) is 2.13. The zero-order valence-corrected chi connectivity index (χ0v) is 11.0. The number of nitrogens with one attached hydrogen (secondary N) is 1. The molecule has 0 bridgehead atoms. The number of amides is 3. The molecule has 2 rings (SSSR count). The van der Waals surface area contributed by atoms with Crippen molar-refractivity contribution >= 4 is 17.7 Å². The molecule has 1 aliphatic rings. The van der Waals surface area contributed by atoms with Gasteiger partial charge in [0.15, 0.2) is 17.5 Å². The van der Waals surface area contributed by atoms with Gasteiger partial charge < -0.3 is 4.90 Å². The zero-order valence-electron chi connectivity index (χ0n) is 11.0. The average Bonchev–Trinajstić information content (AvgIpc) is 2.42. The lowest BCUT2D eigenvalue weighted by Gasteiger charge is -2.33. The molecule has 112 valence electrons. The molecule has 21 heavy (non-hydrogen) atoms. The highest BCUT2D eigenvalue weighted by Crippen LogP contribution is 2.18. The fourth-order valence-electron chi connectivity index (χ4n) is 2.13. The van der Waals surface area contributed by atoms with Crippen molar-refractivity contribution in [2.24, 2.45) is 0 Å². The van der Waals surface area contributed by atoms with Crippen molar-refractivity contribution in [1.82, 2.24) is 10.2 Å². The monoisotopic (exact) mass is 300 g/mol. The normalized spacial score (nSPS) is 18.7. The van der Waals surface area contributed by atoms with Gasteiger partial charge in [-0.1, -0.05) is 6.92 Å². The Morgan fingerprint density at radius 1 is 1.29 bits per heavy atom. The molecule has 0 aromatic heterocycles. The molecule has 1 unspecified atom stereocenters. The Morgan fingerprint density at radius 2 is 1.86 bits per heavy atom. The third-order valence-corrected chi connectivity index (χ3v) is 3.13. The quantitative estimate of drug-likeness (QED) is 0.654. The van der Waals surface area contributed by atoms with Gasteiger partial charge in [0.25, 0.3) is 5.91 Å². The molecule has 1 saturated heterocycles. The summed E-state index contributed by atoms with van der Waals surface area (Å²) in [7, 11) is 0. The number of rotatable bonds is 2. The summed E-state index contributed by atoms with van der Waals surface area (Å²) in [5, 5.41) is 2.07. The van der Waals surface area contributed by atoms with Crippen molar-refractivity contribution < 1.29 is 27.6 Å². The zero-order chi connectivity index (χ0) is 15.7. The summed E-state index contributed by atoms with van der Waals surface area (Å²) in [5.41, 5.74) is -0.465. The number of hydrogen-bond donors (Lipinski definition) is 1. The van der Waals surface area contributed by atoms with E-state index in [4.69, 9.17) is 0 Å². The van der Waals surface area contributed by atoms with Gasteiger partial charge in [-0.15, -0.1) is 0 Å². The number of imide groups is 1. The molecule has 8 heteroatoms. The molecule has 3 amide bonds. The number of hydrogen-bond acceptors (Lipinski definition) is 3. The summed E-state index contributed by atoms with van der Waals surface area (Å²) < 4.78 is 39.2. The lowest BCUT2D eigenvalue weighted by molar-refractivity contribution is -0.138. The standard InChI is InChI=1S/C13H11F3N2O3/c1-2-9-12(20)17-10(19)5-18(9)13(21)6-3-7(14)11(16)8(15)4-6/h3-4,9H,2,5H2,1H3,(H,17,19,20). The van der Waals surface area contributed by atoms with Gasteiger partial charge in [-0.25, -0.2) is 13.2 Å². The van der Waals surface area contributed by atoms with E-state index >= 15 is 0 Å². The van der Waals surface area contributed by atoms with Crippen LogP contribution in [-0.2, 0) is 9.59 Å². The first-order chi connectivity index (χ1) is 9.85. The van der Waals surface area contributed by atoms with Crippen LogP contribution in [0, 0.1) is 17.5 Å².